The van der Waals surface area contributed by atoms with Crippen LogP contribution in [0, 0.1) is 0 Å². The quantitative estimate of drug-likeness (QED) is 0.866. The first-order chi connectivity index (χ1) is 10.2. The SMILES string of the molecule is CC1SCCSC1c1noc(COc2cccc(N)c2)n1. The topological polar surface area (TPSA) is 74.2 Å². The molecule has 1 fully saturated rings. The highest BCUT2D eigenvalue weighted by atomic mass is 32.2. The van der Waals surface area contributed by atoms with E-state index in [9.17, 15) is 0 Å². The molecule has 1 aliphatic rings. The van der Waals surface area contributed by atoms with Crippen molar-refractivity contribution in [3.63, 3.8) is 0 Å². The molecule has 7 heteroatoms. The van der Waals surface area contributed by atoms with E-state index in [4.69, 9.17) is 15.0 Å². The number of rotatable bonds is 4. The molecule has 2 unspecified atom stereocenters. The summed E-state index contributed by atoms with van der Waals surface area (Å²) in [4.78, 5) is 4.45. The third kappa shape index (κ3) is 3.65. The molecule has 1 aromatic heterocycles. The van der Waals surface area contributed by atoms with Gasteiger partial charge < -0.3 is 15.0 Å². The number of hydrogen-bond donors (Lipinski definition) is 1. The predicted molar refractivity (Wildman–Crippen MR) is 86.6 cm³/mol. The van der Waals surface area contributed by atoms with Crippen molar-refractivity contribution in [2.45, 2.75) is 24.0 Å². The Kier molecular flexibility index (Phi) is 4.60. The number of nitrogens with two attached hydrogens (primary N) is 1. The van der Waals surface area contributed by atoms with Gasteiger partial charge in [-0.25, -0.2) is 0 Å². The molecule has 2 atom stereocenters. The van der Waals surface area contributed by atoms with E-state index < -0.39 is 0 Å². The lowest BCUT2D eigenvalue weighted by Gasteiger charge is -2.24. The molecule has 1 saturated heterocycles. The van der Waals surface area contributed by atoms with Crippen LogP contribution in [-0.4, -0.2) is 26.9 Å². The zero-order valence-electron chi connectivity index (χ0n) is 11.7. The van der Waals surface area contributed by atoms with Gasteiger partial charge in [-0.05, 0) is 12.1 Å². The smallest absolute Gasteiger partial charge is 0.264 e. The lowest BCUT2D eigenvalue weighted by Crippen LogP contribution is -2.16. The number of aromatic nitrogens is 2. The fraction of sp³-hybridized carbons (Fsp3) is 0.429. The van der Waals surface area contributed by atoms with Gasteiger partial charge in [0.05, 0.1) is 5.25 Å². The summed E-state index contributed by atoms with van der Waals surface area (Å²) in [6, 6.07) is 7.29. The number of hydrogen-bond acceptors (Lipinski definition) is 7. The standard InChI is InChI=1S/C14H17N3O2S2/c1-9-13(21-6-5-20-9)14-16-12(19-17-14)8-18-11-4-2-3-10(15)7-11/h2-4,7,9,13H,5-6,8,15H2,1H3. The van der Waals surface area contributed by atoms with Crippen molar-refractivity contribution < 1.29 is 9.26 Å². The Balaban J connectivity index is 1.62. The maximum Gasteiger partial charge on any atom is 0.264 e. The summed E-state index contributed by atoms with van der Waals surface area (Å²) in [5.74, 6) is 4.28. The molecule has 1 aromatic carbocycles. The number of nitrogens with zero attached hydrogens (tertiary/aromatic N) is 2. The van der Waals surface area contributed by atoms with Crippen molar-refractivity contribution in [2.75, 3.05) is 17.2 Å². The summed E-state index contributed by atoms with van der Waals surface area (Å²) in [5.41, 5.74) is 6.38. The molecule has 0 spiro atoms. The van der Waals surface area contributed by atoms with Crippen molar-refractivity contribution in [1.82, 2.24) is 10.1 Å². The molecule has 112 valence electrons. The minimum Gasteiger partial charge on any atom is -0.484 e. The first-order valence-electron chi connectivity index (χ1n) is 6.76. The van der Waals surface area contributed by atoms with Crippen molar-refractivity contribution in [1.29, 1.82) is 0 Å². The van der Waals surface area contributed by atoms with Gasteiger partial charge in [-0.3, -0.25) is 0 Å². The summed E-state index contributed by atoms with van der Waals surface area (Å²) >= 11 is 3.85. The van der Waals surface area contributed by atoms with E-state index in [-0.39, 0.29) is 6.61 Å². The second kappa shape index (κ2) is 6.62. The van der Waals surface area contributed by atoms with E-state index in [1.807, 2.05) is 41.7 Å². The second-order valence-electron chi connectivity index (χ2n) is 4.77. The molecule has 0 saturated carbocycles. The normalized spacial score (nSPS) is 22.1. The highest BCUT2D eigenvalue weighted by Gasteiger charge is 2.28. The van der Waals surface area contributed by atoms with Crippen molar-refractivity contribution >= 4 is 29.2 Å². The Hall–Kier alpha value is -1.34. The minimum absolute atomic E-state index is 0.259. The lowest BCUT2D eigenvalue weighted by molar-refractivity contribution is 0.242. The molecule has 2 heterocycles. The maximum atomic E-state index is 5.71. The minimum atomic E-state index is 0.259. The summed E-state index contributed by atoms with van der Waals surface area (Å²) in [5, 5.41) is 4.90. The van der Waals surface area contributed by atoms with Crippen molar-refractivity contribution in [3.8, 4) is 5.75 Å². The van der Waals surface area contributed by atoms with Crippen molar-refractivity contribution in [2.24, 2.45) is 0 Å². The van der Waals surface area contributed by atoms with Crippen LogP contribution in [-0.2, 0) is 6.61 Å². The summed E-state index contributed by atoms with van der Waals surface area (Å²) in [6.45, 7) is 2.47. The van der Waals surface area contributed by atoms with Crippen LogP contribution in [0.2, 0.25) is 0 Å². The molecule has 2 N–H and O–H groups in total. The van der Waals surface area contributed by atoms with Gasteiger partial charge in [0.15, 0.2) is 12.4 Å². The summed E-state index contributed by atoms with van der Waals surface area (Å²) in [6.07, 6.45) is 0. The van der Waals surface area contributed by atoms with Gasteiger partial charge in [-0.2, -0.15) is 16.7 Å². The summed E-state index contributed by atoms with van der Waals surface area (Å²) < 4.78 is 10.9. The van der Waals surface area contributed by atoms with Gasteiger partial charge in [0.1, 0.15) is 5.75 Å². The molecule has 0 radical (unpaired) electrons. The number of anilines is 1. The Bertz CT molecular complexity index is 605. The molecule has 0 bridgehead atoms. The Morgan fingerprint density at radius 2 is 2.24 bits per heavy atom. The third-order valence-electron chi connectivity index (χ3n) is 3.15. The Morgan fingerprint density at radius 3 is 3.05 bits per heavy atom. The molecular weight excluding hydrogens is 306 g/mol. The number of ether oxygens (including phenoxy) is 1. The second-order valence-corrected chi connectivity index (χ2v) is 7.51. The van der Waals surface area contributed by atoms with Gasteiger partial charge in [-0.1, -0.05) is 18.1 Å². The number of benzene rings is 1. The van der Waals surface area contributed by atoms with E-state index in [2.05, 4.69) is 17.1 Å². The van der Waals surface area contributed by atoms with Gasteiger partial charge in [0, 0.05) is 28.5 Å². The zero-order chi connectivity index (χ0) is 14.7. The Morgan fingerprint density at radius 1 is 1.38 bits per heavy atom. The van der Waals surface area contributed by atoms with Gasteiger partial charge >= 0.3 is 0 Å². The van der Waals surface area contributed by atoms with Gasteiger partial charge in [0.2, 0.25) is 0 Å². The van der Waals surface area contributed by atoms with Crippen LogP contribution in [0.5, 0.6) is 5.75 Å². The monoisotopic (exact) mass is 323 g/mol. The van der Waals surface area contributed by atoms with Crippen molar-refractivity contribution in [3.05, 3.63) is 36.0 Å². The van der Waals surface area contributed by atoms with E-state index >= 15 is 0 Å². The van der Waals surface area contributed by atoms with Crippen LogP contribution >= 0.6 is 23.5 Å². The molecule has 21 heavy (non-hydrogen) atoms. The zero-order valence-corrected chi connectivity index (χ0v) is 13.3. The molecule has 5 nitrogen and oxygen atoms in total. The molecule has 3 rings (SSSR count). The fourth-order valence-electron chi connectivity index (χ4n) is 2.11. The first kappa shape index (κ1) is 14.6. The first-order valence-corrected chi connectivity index (χ1v) is 8.86. The number of thioether (sulfide) groups is 2. The van der Waals surface area contributed by atoms with Crippen LogP contribution in [0.1, 0.15) is 23.9 Å². The third-order valence-corrected chi connectivity index (χ3v) is 6.23. The lowest BCUT2D eigenvalue weighted by atomic mass is 10.3. The van der Waals surface area contributed by atoms with E-state index in [1.54, 1.807) is 6.07 Å². The average molecular weight is 323 g/mol. The molecule has 1 aliphatic heterocycles. The van der Waals surface area contributed by atoms with Crippen LogP contribution in [0.15, 0.2) is 28.8 Å². The van der Waals surface area contributed by atoms with E-state index in [0.29, 0.717) is 27.8 Å². The average Bonchev–Trinajstić information content (AvgIpc) is 2.94. The van der Waals surface area contributed by atoms with Crippen LogP contribution in [0.3, 0.4) is 0 Å². The van der Waals surface area contributed by atoms with Crippen LogP contribution < -0.4 is 10.5 Å². The van der Waals surface area contributed by atoms with E-state index in [1.165, 1.54) is 5.75 Å². The predicted octanol–water partition coefficient (Wildman–Crippen LogP) is 3.14. The van der Waals surface area contributed by atoms with Crippen LogP contribution in [0.4, 0.5) is 5.69 Å². The fourth-order valence-corrected chi connectivity index (χ4v) is 4.79. The van der Waals surface area contributed by atoms with E-state index in [0.717, 1.165) is 11.6 Å². The molecule has 0 aliphatic carbocycles. The molecule has 0 amide bonds. The number of nitrogen functional groups attached to an aromatic ring is 1. The summed E-state index contributed by atoms with van der Waals surface area (Å²) in [7, 11) is 0. The van der Waals surface area contributed by atoms with Gasteiger partial charge in [-0.15, -0.1) is 11.8 Å². The van der Waals surface area contributed by atoms with Crippen LogP contribution in [0.25, 0.3) is 0 Å². The molecule has 2 aromatic rings. The highest BCUT2D eigenvalue weighted by molar-refractivity contribution is 8.06. The molecular formula is C14H17N3O2S2. The Labute approximate surface area is 132 Å². The largest absolute Gasteiger partial charge is 0.484 e. The highest BCUT2D eigenvalue weighted by Crippen LogP contribution is 2.41. The maximum absolute atomic E-state index is 5.71. The van der Waals surface area contributed by atoms with Gasteiger partial charge in [0.25, 0.3) is 5.89 Å².